The van der Waals surface area contributed by atoms with Gasteiger partial charge in [-0.15, -0.1) is 6.58 Å². The van der Waals surface area contributed by atoms with Crippen LogP contribution in [0.25, 0.3) is 0 Å². The molecule has 88 valence electrons. The summed E-state index contributed by atoms with van der Waals surface area (Å²) in [6.45, 7) is 8.54. The van der Waals surface area contributed by atoms with Crippen LogP contribution in [0.3, 0.4) is 0 Å². The van der Waals surface area contributed by atoms with Crippen LogP contribution in [0.15, 0.2) is 12.7 Å². The van der Waals surface area contributed by atoms with Crippen molar-refractivity contribution in [1.82, 2.24) is 5.09 Å². The van der Waals surface area contributed by atoms with Gasteiger partial charge in [0.15, 0.2) is 0 Å². The van der Waals surface area contributed by atoms with E-state index in [0.717, 1.165) is 12.8 Å². The van der Waals surface area contributed by atoms with Gasteiger partial charge in [-0.05, 0) is 24.6 Å². The highest BCUT2D eigenvalue weighted by Crippen LogP contribution is 2.58. The van der Waals surface area contributed by atoms with Gasteiger partial charge in [0, 0.05) is 5.25 Å². The van der Waals surface area contributed by atoms with Crippen LogP contribution in [0.4, 0.5) is 0 Å². The number of rotatable bonds is 9. The number of thiocarbonyl (C=S) groups is 1. The van der Waals surface area contributed by atoms with Gasteiger partial charge >= 0.3 is 0 Å². The predicted molar refractivity (Wildman–Crippen MR) is 79.2 cm³/mol. The molecule has 0 aromatic carbocycles. The molecule has 15 heavy (non-hydrogen) atoms. The summed E-state index contributed by atoms with van der Waals surface area (Å²) in [5.41, 5.74) is -0.567. The summed E-state index contributed by atoms with van der Waals surface area (Å²) in [6.07, 6.45) is 3.72. The van der Waals surface area contributed by atoms with E-state index < -0.39 is 5.62 Å². The van der Waals surface area contributed by atoms with Gasteiger partial charge in [0.25, 0.3) is 0 Å². The van der Waals surface area contributed by atoms with E-state index in [1.165, 1.54) is 5.49 Å². The van der Waals surface area contributed by atoms with Gasteiger partial charge in [0.2, 0.25) is 5.62 Å². The average molecular weight is 283 g/mol. The molecule has 2 unspecified atom stereocenters. The first-order chi connectivity index (χ1) is 7.08. The molecule has 0 saturated heterocycles. The summed E-state index contributed by atoms with van der Waals surface area (Å²) < 4.78 is 5.69. The molecule has 6 heteroatoms. The van der Waals surface area contributed by atoms with Gasteiger partial charge in [-0.1, -0.05) is 43.5 Å². The van der Waals surface area contributed by atoms with E-state index in [0.29, 0.717) is 11.9 Å². The van der Waals surface area contributed by atoms with Crippen molar-refractivity contribution in [3.63, 3.8) is 0 Å². The molecule has 1 N–H and O–H groups in total. The topological polar surface area (TPSA) is 21.3 Å². The van der Waals surface area contributed by atoms with Crippen LogP contribution >= 0.6 is 29.2 Å². The quantitative estimate of drug-likeness (QED) is 0.299. The Bertz CT molecular complexity index is 248. The summed E-state index contributed by atoms with van der Waals surface area (Å²) in [4.78, 5) is 0. The van der Waals surface area contributed by atoms with E-state index in [4.69, 9.17) is 28.5 Å². The normalized spacial score (nSPS) is 16.4. The van der Waals surface area contributed by atoms with Crippen molar-refractivity contribution in [2.24, 2.45) is 0 Å². The fourth-order valence-electron chi connectivity index (χ4n) is 0.730. The van der Waals surface area contributed by atoms with Crippen molar-refractivity contribution in [3.8, 4) is 0 Å². The first-order valence-corrected chi connectivity index (χ1v) is 9.51. The fourth-order valence-corrected chi connectivity index (χ4v) is 7.19. The summed E-state index contributed by atoms with van der Waals surface area (Å²) in [7, 11) is 0. The van der Waals surface area contributed by atoms with Crippen molar-refractivity contribution in [2.45, 2.75) is 31.9 Å². The van der Waals surface area contributed by atoms with Crippen LogP contribution < -0.4 is 5.09 Å². The summed E-state index contributed by atoms with van der Waals surface area (Å²) in [5, 5.41) is 3.49. The maximum Gasteiger partial charge on any atom is 0.210 e. The van der Waals surface area contributed by atoms with Crippen LogP contribution in [0, 0.1) is 0 Å². The van der Waals surface area contributed by atoms with E-state index in [2.05, 4.69) is 25.5 Å². The van der Waals surface area contributed by atoms with Gasteiger partial charge < -0.3 is 9.61 Å². The third kappa shape index (κ3) is 7.47. The van der Waals surface area contributed by atoms with E-state index >= 15 is 0 Å². The van der Waals surface area contributed by atoms with Crippen molar-refractivity contribution >= 4 is 46.5 Å². The molecule has 0 aliphatic carbocycles. The first-order valence-electron chi connectivity index (χ1n) is 4.83. The molecule has 0 aliphatic heterocycles. The Kier molecular flexibility index (Phi) is 9.05. The van der Waals surface area contributed by atoms with Gasteiger partial charge in [0.05, 0.1) is 12.1 Å². The molecule has 0 rings (SSSR count). The first kappa shape index (κ1) is 15.6. The van der Waals surface area contributed by atoms with Crippen LogP contribution in [0.1, 0.15) is 26.7 Å². The molecule has 0 aliphatic rings. The lowest BCUT2D eigenvalue weighted by Gasteiger charge is -2.23. The molecule has 0 spiro atoms. The largest absolute Gasteiger partial charge is 0.326 e. The number of hydrogen-bond acceptors (Lipinski definition) is 4. The van der Waals surface area contributed by atoms with E-state index in [1.54, 1.807) is 11.4 Å². The molecular formula is C9H18NOPS3. The average Bonchev–Trinajstić information content (AvgIpc) is 2.18. The molecule has 0 bridgehead atoms. The van der Waals surface area contributed by atoms with Crippen molar-refractivity contribution in [2.75, 3.05) is 6.61 Å². The van der Waals surface area contributed by atoms with E-state index in [9.17, 15) is 0 Å². The second-order valence-corrected chi connectivity index (χ2v) is 10.2. The van der Waals surface area contributed by atoms with E-state index in [-0.39, 0.29) is 0 Å². The Morgan fingerprint density at radius 2 is 2.33 bits per heavy atom. The monoisotopic (exact) mass is 283 g/mol. The Balaban J connectivity index is 4.23. The molecule has 0 fully saturated rings. The lowest BCUT2D eigenvalue weighted by molar-refractivity contribution is 0.365. The molecule has 0 radical (unpaired) electrons. The van der Waals surface area contributed by atoms with Crippen LogP contribution in [-0.4, -0.2) is 17.3 Å². The Labute approximate surface area is 107 Å². The van der Waals surface area contributed by atoms with Crippen LogP contribution in [-0.2, 0) is 16.3 Å². The van der Waals surface area contributed by atoms with Crippen molar-refractivity contribution in [3.05, 3.63) is 12.7 Å². The smallest absolute Gasteiger partial charge is 0.210 e. The zero-order chi connectivity index (χ0) is 11.7. The second-order valence-electron chi connectivity index (χ2n) is 2.98. The molecule has 0 aromatic rings. The standard InChI is InChI=1S/C9H18NOPS3/c1-4-6-7-11-12(14,10-8-13)15-9(3)5-2/h4,8-9H,1,5-7H2,2-3H3,(H,10,13,14). The summed E-state index contributed by atoms with van der Waals surface area (Å²) in [6, 6.07) is 0. The number of nitrogens with one attached hydrogen (secondary N) is 1. The zero-order valence-corrected chi connectivity index (χ0v) is 12.5. The van der Waals surface area contributed by atoms with Gasteiger partial charge in [-0.3, -0.25) is 0 Å². The van der Waals surface area contributed by atoms with Crippen LogP contribution in [0.2, 0.25) is 0 Å². The highest BCUT2D eigenvalue weighted by molar-refractivity contribution is 8.69. The zero-order valence-electron chi connectivity index (χ0n) is 9.14. The minimum atomic E-state index is -2.03. The lowest BCUT2D eigenvalue weighted by Crippen LogP contribution is -2.09. The Hall–Kier alpha value is 0.590. The Morgan fingerprint density at radius 3 is 2.80 bits per heavy atom. The molecule has 0 aromatic heterocycles. The SMILES string of the molecule is C=CCCOP(=S)(NC=S)SC(C)CC. The van der Waals surface area contributed by atoms with Gasteiger partial charge in [0.1, 0.15) is 0 Å². The summed E-state index contributed by atoms with van der Waals surface area (Å²) >= 11 is 11.9. The minimum Gasteiger partial charge on any atom is -0.326 e. The molecule has 0 heterocycles. The Morgan fingerprint density at radius 1 is 1.67 bits per heavy atom. The third-order valence-electron chi connectivity index (χ3n) is 1.69. The highest BCUT2D eigenvalue weighted by atomic mass is 32.9. The highest BCUT2D eigenvalue weighted by Gasteiger charge is 2.19. The second kappa shape index (κ2) is 8.71. The summed E-state index contributed by atoms with van der Waals surface area (Å²) in [5.74, 6) is 0. The minimum absolute atomic E-state index is 0.488. The molecule has 0 saturated carbocycles. The molecule has 0 amide bonds. The molecular weight excluding hydrogens is 265 g/mol. The van der Waals surface area contributed by atoms with Crippen molar-refractivity contribution in [1.29, 1.82) is 0 Å². The van der Waals surface area contributed by atoms with Crippen molar-refractivity contribution < 1.29 is 4.52 Å². The molecule has 2 atom stereocenters. The van der Waals surface area contributed by atoms with Crippen LogP contribution in [0.5, 0.6) is 0 Å². The van der Waals surface area contributed by atoms with Gasteiger partial charge in [-0.2, -0.15) is 0 Å². The van der Waals surface area contributed by atoms with E-state index in [1.807, 2.05) is 6.08 Å². The fraction of sp³-hybridized carbons (Fsp3) is 0.667. The predicted octanol–water partition coefficient (Wildman–Crippen LogP) is 3.88. The maximum atomic E-state index is 5.69. The molecule has 2 nitrogen and oxygen atoms in total. The number of hydrogen-bond donors (Lipinski definition) is 1. The maximum absolute atomic E-state index is 5.69. The third-order valence-corrected chi connectivity index (χ3v) is 7.87. The van der Waals surface area contributed by atoms with Gasteiger partial charge in [-0.25, -0.2) is 0 Å². The lowest BCUT2D eigenvalue weighted by atomic mass is 10.4.